The number of anilines is 2. The number of unbranched alkanes of at least 4 members (excludes halogenated alkanes) is 1. The maximum absolute atomic E-state index is 15.4. The van der Waals surface area contributed by atoms with Gasteiger partial charge in [0.2, 0.25) is 27.8 Å². The van der Waals surface area contributed by atoms with Gasteiger partial charge in [0, 0.05) is 49.3 Å². The summed E-state index contributed by atoms with van der Waals surface area (Å²) < 4.78 is 95.1. The molecule has 2 aliphatic rings. The number of fused-ring (bicyclic) bond motifs is 2. The number of aliphatic hydroxyl groups is 1. The van der Waals surface area contributed by atoms with E-state index in [0.29, 0.717) is 126 Å². The first-order valence-corrected chi connectivity index (χ1v) is 31.8. The van der Waals surface area contributed by atoms with E-state index in [1.807, 2.05) is 24.3 Å². The van der Waals surface area contributed by atoms with Crippen LogP contribution in [0, 0.1) is 0 Å². The summed E-state index contributed by atoms with van der Waals surface area (Å²) in [6.07, 6.45) is 5.72. The number of ether oxygens (including phenoxy) is 6. The number of methoxy groups -OCH3 is 1. The fourth-order valence-electron chi connectivity index (χ4n) is 10.4. The molecule has 5 amide bonds. The first-order valence-electron chi connectivity index (χ1n) is 30.2. The summed E-state index contributed by atoms with van der Waals surface area (Å²) in [4.78, 5) is 73.5. The Morgan fingerprint density at radius 2 is 1.40 bits per heavy atom. The van der Waals surface area contributed by atoms with Crippen molar-refractivity contribution in [1.82, 2.24) is 25.8 Å². The van der Waals surface area contributed by atoms with Crippen LogP contribution in [-0.4, -0.2) is 178 Å². The van der Waals surface area contributed by atoms with E-state index in [1.165, 1.54) is 18.3 Å². The molecule has 0 bridgehead atoms. The van der Waals surface area contributed by atoms with Gasteiger partial charge in [-0.05, 0) is 98.9 Å². The molecule has 4 unspecified atom stereocenters. The van der Waals surface area contributed by atoms with Crippen LogP contribution in [0.3, 0.4) is 0 Å². The molecule has 7 rings (SSSR count). The highest BCUT2D eigenvalue weighted by molar-refractivity contribution is 7.87. The van der Waals surface area contributed by atoms with E-state index in [0.717, 1.165) is 16.0 Å². The Balaban J connectivity index is 0.906. The molecule has 488 valence electrons. The number of likely N-dealkylation sites (tertiary alicyclic amines) is 1. The average molecular weight is 1270 g/mol. The van der Waals surface area contributed by atoms with Crippen molar-refractivity contribution >= 4 is 61.9 Å². The smallest absolute Gasteiger partial charge is 0.267 e. The summed E-state index contributed by atoms with van der Waals surface area (Å²) in [6.45, 7) is 6.24. The minimum atomic E-state index is -4.18. The Hall–Kier alpha value is -7.36. The maximum Gasteiger partial charge on any atom is 0.267 e. The molecule has 1 saturated heterocycles. The van der Waals surface area contributed by atoms with Crippen molar-refractivity contribution in [3.05, 3.63) is 149 Å². The monoisotopic (exact) mass is 1270 g/mol. The van der Waals surface area contributed by atoms with E-state index in [9.17, 15) is 33.3 Å². The van der Waals surface area contributed by atoms with Gasteiger partial charge in [-0.1, -0.05) is 84.9 Å². The van der Waals surface area contributed by atoms with Crippen LogP contribution in [0.4, 0.5) is 24.0 Å². The number of hydrogen-bond donors (Lipinski definition) is 6. The number of carbonyl (C=O) groups is 5. The molecule has 21 nitrogen and oxygen atoms in total. The van der Waals surface area contributed by atoms with Gasteiger partial charge in [0.25, 0.3) is 17.7 Å². The molecule has 1 aliphatic heterocycles. The van der Waals surface area contributed by atoms with Crippen LogP contribution in [0.25, 0.3) is 10.9 Å². The standard InChI is InChI=1S/C65H83F3N8O13S/c1-64(2,75-90(68,83)44-46-15-5-4-6-16-46)41-48-18-8-10-23-53(48)72-63(82)56-42-65(66,67)45-76(56)58(78)43-71-60(79)52-26-29-70-59-50(52)21-14-25-54(59)73-62(81)55(74-61(80)51-22-13-19-47-17-7-9-20-49(47)51)24-11-12-28-69-57(77)27-30-85-33-34-87-37-38-89-40-39-88-36-35-86-32-31-84-3/h4-10,13-16,18-19,21-23,25-26,29,55-56,62,73,81H,11-12,17,20,24,27-28,30-45H2,1-3H3,(H,69,77)(H,71,79)(H,72,82)(H,74,80). The second-order valence-corrected chi connectivity index (χ2v) is 24.0. The molecule has 0 radical (unpaired) electrons. The number of halogens is 3. The number of nitrogens with one attached hydrogen (secondary N) is 5. The first-order chi connectivity index (χ1) is 43.3. The zero-order valence-corrected chi connectivity index (χ0v) is 52.0. The third kappa shape index (κ3) is 22.5. The van der Waals surface area contributed by atoms with E-state index in [2.05, 4.69) is 35.9 Å². The highest BCUT2D eigenvalue weighted by atomic mass is 32.3. The number of para-hydroxylation sites is 2. The zero-order valence-electron chi connectivity index (χ0n) is 51.2. The topological polar surface area (TPSA) is 267 Å². The molecular formula is C65H83F3N8O13S. The fourth-order valence-corrected chi connectivity index (χ4v) is 11.9. The Labute approximate surface area is 524 Å². The van der Waals surface area contributed by atoms with Crippen LogP contribution < -0.4 is 26.6 Å². The van der Waals surface area contributed by atoms with Crippen molar-refractivity contribution in [3.8, 4) is 0 Å². The number of aliphatic hydroxyl groups excluding tert-OH is 1. The van der Waals surface area contributed by atoms with Gasteiger partial charge in [-0.2, -0.15) is 0 Å². The lowest BCUT2D eigenvalue weighted by molar-refractivity contribution is -0.136. The van der Waals surface area contributed by atoms with Crippen molar-refractivity contribution in [2.45, 2.75) is 101 Å². The molecule has 5 aromatic rings. The largest absolute Gasteiger partial charge is 0.382 e. The summed E-state index contributed by atoms with van der Waals surface area (Å²) in [7, 11) is -2.57. The predicted molar refractivity (Wildman–Crippen MR) is 335 cm³/mol. The summed E-state index contributed by atoms with van der Waals surface area (Å²) in [5.41, 5.74) is 2.94. The number of carbonyl (C=O) groups excluding carboxylic acids is 5. The van der Waals surface area contributed by atoms with Gasteiger partial charge >= 0.3 is 0 Å². The zero-order chi connectivity index (χ0) is 64.4. The van der Waals surface area contributed by atoms with E-state index in [4.69, 9.17) is 28.4 Å². The van der Waals surface area contributed by atoms with E-state index < -0.39 is 82.9 Å². The van der Waals surface area contributed by atoms with Crippen LogP contribution in [0.2, 0.25) is 0 Å². The maximum atomic E-state index is 15.4. The quantitative estimate of drug-likeness (QED) is 0.00980. The van der Waals surface area contributed by atoms with Gasteiger partial charge in [0.1, 0.15) is 12.3 Å². The molecule has 90 heavy (non-hydrogen) atoms. The predicted octanol–water partition coefficient (Wildman–Crippen LogP) is 7.30. The third-order valence-corrected chi connectivity index (χ3v) is 16.2. The second kappa shape index (κ2) is 35.3. The normalized spacial score (nSPS) is 15.7. The van der Waals surface area contributed by atoms with Gasteiger partial charge in [0.15, 0.2) is 0 Å². The third-order valence-electron chi connectivity index (χ3n) is 14.8. The number of aromatic nitrogens is 1. The van der Waals surface area contributed by atoms with Crippen molar-refractivity contribution in [1.29, 1.82) is 0 Å². The van der Waals surface area contributed by atoms with Crippen LogP contribution >= 0.6 is 0 Å². The van der Waals surface area contributed by atoms with E-state index >= 15 is 12.7 Å². The summed E-state index contributed by atoms with van der Waals surface area (Å²) in [5.74, 6) is -7.07. The molecule has 1 fully saturated rings. The highest BCUT2D eigenvalue weighted by Gasteiger charge is 2.50. The number of pyridine rings is 1. The first kappa shape index (κ1) is 70.1. The van der Waals surface area contributed by atoms with E-state index in [-0.39, 0.29) is 54.5 Å². The molecule has 2 heterocycles. The van der Waals surface area contributed by atoms with Crippen LogP contribution in [0.5, 0.6) is 0 Å². The number of allylic oxidation sites excluding steroid dienone is 2. The Bertz CT molecular complexity index is 3340. The van der Waals surface area contributed by atoms with Gasteiger partial charge < -0.3 is 65.0 Å². The van der Waals surface area contributed by atoms with Gasteiger partial charge in [-0.25, -0.2) is 17.4 Å². The molecule has 1 aromatic heterocycles. The molecule has 1 aliphatic carbocycles. The van der Waals surface area contributed by atoms with Crippen molar-refractivity contribution in [2.24, 2.45) is 4.36 Å². The number of benzene rings is 4. The Morgan fingerprint density at radius 3 is 2.11 bits per heavy atom. The fraction of sp³-hybridized carbons (Fsp3) is 0.477. The highest BCUT2D eigenvalue weighted by Crippen LogP contribution is 2.34. The Morgan fingerprint density at radius 1 is 0.756 bits per heavy atom. The molecule has 6 N–H and O–H groups in total. The molecule has 4 atom stereocenters. The van der Waals surface area contributed by atoms with Crippen molar-refractivity contribution in [2.75, 3.05) is 110 Å². The van der Waals surface area contributed by atoms with Crippen LogP contribution in [0.1, 0.15) is 88.9 Å². The summed E-state index contributed by atoms with van der Waals surface area (Å²) in [6, 6.07) is 24.2. The minimum absolute atomic E-state index is 0.00932. The number of rotatable bonds is 38. The lowest BCUT2D eigenvalue weighted by Crippen LogP contribution is -2.47. The minimum Gasteiger partial charge on any atom is -0.382 e. The average Bonchev–Trinajstić information content (AvgIpc) is 1.82. The number of nitrogens with zero attached hydrogens (tertiary/aromatic N) is 3. The second-order valence-electron chi connectivity index (χ2n) is 22.4. The van der Waals surface area contributed by atoms with Crippen LogP contribution in [0.15, 0.2) is 120 Å². The summed E-state index contributed by atoms with van der Waals surface area (Å²) >= 11 is 0. The molecule has 0 spiro atoms. The molecular weight excluding hydrogens is 1190 g/mol. The van der Waals surface area contributed by atoms with Crippen molar-refractivity contribution < 1.29 is 74.4 Å². The lowest BCUT2D eigenvalue weighted by atomic mass is 9.92. The van der Waals surface area contributed by atoms with Crippen molar-refractivity contribution in [3.63, 3.8) is 0 Å². The van der Waals surface area contributed by atoms with E-state index in [1.54, 1.807) is 93.8 Å². The molecule has 0 saturated carbocycles. The summed E-state index contributed by atoms with van der Waals surface area (Å²) in [5, 5.41) is 26.4. The number of hydrogen-bond acceptors (Lipinski definition) is 16. The SMILES string of the molecule is COCCOCCOCCOCCOCCOCCC(=O)NCCCCC(NC(=O)c1cccc2c1CC=CC2)C(O)Nc1cccc2c(C(=O)NCC(=O)N3CC(F)(F)CC3C(=O)Nc3ccccc3CC(C)(C)N=S(=O)(F)Cc3ccccc3)ccnc12. The van der Waals surface area contributed by atoms with Gasteiger partial charge in [-0.3, -0.25) is 29.0 Å². The molecule has 25 heteroatoms. The van der Waals surface area contributed by atoms with Gasteiger partial charge in [0.05, 0.1) is 120 Å². The van der Waals surface area contributed by atoms with Crippen LogP contribution in [-0.2, 0) is 77.9 Å². The Kier molecular flexibility index (Phi) is 27.5. The van der Waals surface area contributed by atoms with Gasteiger partial charge in [-0.15, -0.1) is 3.89 Å². The number of amides is 5. The lowest BCUT2D eigenvalue weighted by Gasteiger charge is -2.27. The molecule has 4 aromatic carbocycles. The number of alkyl halides is 2.